The average molecular weight is 244 g/mol. The third-order valence-electron chi connectivity index (χ3n) is 2.36. The predicted molar refractivity (Wildman–Crippen MR) is 69.9 cm³/mol. The van der Waals surface area contributed by atoms with Gasteiger partial charge in [0, 0.05) is 16.0 Å². The predicted octanol–water partition coefficient (Wildman–Crippen LogP) is 3.82. The van der Waals surface area contributed by atoms with Crippen LogP contribution in [-0.4, -0.2) is 18.8 Å². The van der Waals surface area contributed by atoms with E-state index in [0.29, 0.717) is 6.04 Å². The SMILES string of the molecule is CNC(C)CCCSc1ccc(Cl)cc1. The monoisotopic (exact) mass is 243 g/mol. The van der Waals surface area contributed by atoms with Gasteiger partial charge in [-0.15, -0.1) is 11.8 Å². The van der Waals surface area contributed by atoms with E-state index in [-0.39, 0.29) is 0 Å². The summed E-state index contributed by atoms with van der Waals surface area (Å²) in [7, 11) is 2.01. The molecule has 1 nitrogen and oxygen atoms in total. The van der Waals surface area contributed by atoms with E-state index in [1.165, 1.54) is 23.5 Å². The molecule has 0 aliphatic carbocycles. The van der Waals surface area contributed by atoms with Crippen molar-refractivity contribution in [3.8, 4) is 0 Å². The van der Waals surface area contributed by atoms with Crippen LogP contribution in [0.3, 0.4) is 0 Å². The first-order valence-electron chi connectivity index (χ1n) is 5.28. The Hall–Kier alpha value is -0.180. The molecule has 1 rings (SSSR count). The zero-order chi connectivity index (χ0) is 11.1. The summed E-state index contributed by atoms with van der Waals surface area (Å²) < 4.78 is 0. The van der Waals surface area contributed by atoms with Crippen molar-refractivity contribution in [1.82, 2.24) is 5.32 Å². The van der Waals surface area contributed by atoms with Crippen LogP contribution >= 0.6 is 23.4 Å². The van der Waals surface area contributed by atoms with Gasteiger partial charge >= 0.3 is 0 Å². The number of hydrogen-bond acceptors (Lipinski definition) is 2. The first-order valence-corrected chi connectivity index (χ1v) is 6.64. The summed E-state index contributed by atoms with van der Waals surface area (Å²) in [6, 6.07) is 8.67. The standard InChI is InChI=1S/C12H18ClNS/c1-10(14-2)4-3-9-15-12-7-5-11(13)6-8-12/h5-8,10,14H,3-4,9H2,1-2H3. The summed E-state index contributed by atoms with van der Waals surface area (Å²) in [6.07, 6.45) is 2.48. The fourth-order valence-corrected chi connectivity index (χ4v) is 2.26. The minimum Gasteiger partial charge on any atom is -0.317 e. The van der Waals surface area contributed by atoms with Gasteiger partial charge in [-0.05, 0) is 56.8 Å². The molecule has 3 heteroatoms. The molecule has 0 saturated carbocycles. The van der Waals surface area contributed by atoms with Crippen molar-refractivity contribution in [2.45, 2.75) is 30.7 Å². The maximum Gasteiger partial charge on any atom is 0.0406 e. The zero-order valence-electron chi connectivity index (χ0n) is 9.29. The van der Waals surface area contributed by atoms with E-state index in [1.54, 1.807) is 0 Å². The number of thioether (sulfide) groups is 1. The van der Waals surface area contributed by atoms with Gasteiger partial charge in [0.25, 0.3) is 0 Å². The molecule has 0 aliphatic rings. The van der Waals surface area contributed by atoms with E-state index in [0.717, 1.165) is 5.02 Å². The molecule has 0 amide bonds. The molecular formula is C12H18ClNS. The number of rotatable bonds is 6. The summed E-state index contributed by atoms with van der Waals surface area (Å²) in [4.78, 5) is 1.30. The van der Waals surface area contributed by atoms with Crippen LogP contribution in [0, 0.1) is 0 Å². The molecule has 84 valence electrons. The molecule has 0 bridgehead atoms. The molecule has 1 aromatic rings. The van der Waals surface area contributed by atoms with Crippen molar-refractivity contribution in [3.63, 3.8) is 0 Å². The van der Waals surface area contributed by atoms with E-state index < -0.39 is 0 Å². The molecule has 0 heterocycles. The summed E-state index contributed by atoms with van der Waals surface area (Å²) in [6.45, 7) is 2.22. The van der Waals surface area contributed by atoms with Crippen LogP contribution < -0.4 is 5.32 Å². The fraction of sp³-hybridized carbons (Fsp3) is 0.500. The lowest BCUT2D eigenvalue weighted by Gasteiger charge is -2.08. The quantitative estimate of drug-likeness (QED) is 0.602. The Morgan fingerprint density at radius 2 is 2.00 bits per heavy atom. The van der Waals surface area contributed by atoms with Crippen molar-refractivity contribution >= 4 is 23.4 Å². The lowest BCUT2D eigenvalue weighted by Crippen LogP contribution is -2.20. The van der Waals surface area contributed by atoms with Gasteiger partial charge in [0.05, 0.1) is 0 Å². The first kappa shape index (κ1) is 12.9. The molecule has 0 radical (unpaired) electrons. The van der Waals surface area contributed by atoms with Crippen molar-refractivity contribution in [1.29, 1.82) is 0 Å². The molecular weight excluding hydrogens is 226 g/mol. The van der Waals surface area contributed by atoms with Crippen molar-refractivity contribution in [3.05, 3.63) is 29.3 Å². The molecule has 1 aromatic carbocycles. The van der Waals surface area contributed by atoms with Crippen LogP contribution in [0.15, 0.2) is 29.2 Å². The van der Waals surface area contributed by atoms with Gasteiger partial charge in [-0.3, -0.25) is 0 Å². The highest BCUT2D eigenvalue weighted by Gasteiger charge is 1.98. The second kappa shape index (κ2) is 7.15. The van der Waals surface area contributed by atoms with Gasteiger partial charge in [0.15, 0.2) is 0 Å². The lowest BCUT2D eigenvalue weighted by molar-refractivity contribution is 0.559. The molecule has 0 aromatic heterocycles. The molecule has 0 aliphatic heterocycles. The van der Waals surface area contributed by atoms with Gasteiger partial charge in [-0.2, -0.15) is 0 Å². The van der Waals surface area contributed by atoms with E-state index in [1.807, 2.05) is 30.9 Å². The average Bonchev–Trinajstić information content (AvgIpc) is 2.26. The van der Waals surface area contributed by atoms with Crippen LogP contribution in [-0.2, 0) is 0 Å². The molecule has 1 atom stereocenters. The Morgan fingerprint density at radius 1 is 1.33 bits per heavy atom. The normalized spacial score (nSPS) is 12.7. The van der Waals surface area contributed by atoms with E-state index in [9.17, 15) is 0 Å². The highest BCUT2D eigenvalue weighted by molar-refractivity contribution is 7.99. The topological polar surface area (TPSA) is 12.0 Å². The number of benzene rings is 1. The summed E-state index contributed by atoms with van der Waals surface area (Å²) in [5.41, 5.74) is 0. The molecule has 0 saturated heterocycles. The minimum atomic E-state index is 0.621. The summed E-state index contributed by atoms with van der Waals surface area (Å²) in [5.74, 6) is 1.17. The molecule has 15 heavy (non-hydrogen) atoms. The van der Waals surface area contributed by atoms with Gasteiger partial charge in [0.1, 0.15) is 0 Å². The highest BCUT2D eigenvalue weighted by Crippen LogP contribution is 2.21. The van der Waals surface area contributed by atoms with Crippen LogP contribution in [0.2, 0.25) is 5.02 Å². The molecule has 0 spiro atoms. The molecule has 1 unspecified atom stereocenters. The smallest absolute Gasteiger partial charge is 0.0406 e. The maximum atomic E-state index is 5.82. The first-order chi connectivity index (χ1) is 7.22. The van der Waals surface area contributed by atoms with Crippen LogP contribution in [0.4, 0.5) is 0 Å². The third kappa shape index (κ3) is 5.45. The number of nitrogens with one attached hydrogen (secondary N) is 1. The number of halogens is 1. The summed E-state index contributed by atoms with van der Waals surface area (Å²) in [5, 5.41) is 4.05. The maximum absolute atomic E-state index is 5.82. The lowest BCUT2D eigenvalue weighted by atomic mass is 10.2. The Bertz CT molecular complexity index is 273. The van der Waals surface area contributed by atoms with Crippen molar-refractivity contribution < 1.29 is 0 Å². The largest absolute Gasteiger partial charge is 0.317 e. The summed E-state index contributed by atoms with van der Waals surface area (Å²) >= 11 is 7.71. The van der Waals surface area contributed by atoms with Crippen LogP contribution in [0.5, 0.6) is 0 Å². The minimum absolute atomic E-state index is 0.621. The third-order valence-corrected chi connectivity index (χ3v) is 3.71. The van der Waals surface area contributed by atoms with Gasteiger partial charge in [0.2, 0.25) is 0 Å². The van der Waals surface area contributed by atoms with E-state index >= 15 is 0 Å². The second-order valence-electron chi connectivity index (χ2n) is 3.63. The van der Waals surface area contributed by atoms with E-state index in [2.05, 4.69) is 24.4 Å². The van der Waals surface area contributed by atoms with Crippen molar-refractivity contribution in [2.75, 3.05) is 12.8 Å². The Kier molecular flexibility index (Phi) is 6.15. The van der Waals surface area contributed by atoms with Crippen molar-refractivity contribution in [2.24, 2.45) is 0 Å². The molecule has 1 N–H and O–H groups in total. The molecule has 0 fully saturated rings. The van der Waals surface area contributed by atoms with Gasteiger partial charge in [-0.1, -0.05) is 11.6 Å². The van der Waals surface area contributed by atoms with Crippen LogP contribution in [0.25, 0.3) is 0 Å². The highest BCUT2D eigenvalue weighted by atomic mass is 35.5. The van der Waals surface area contributed by atoms with Gasteiger partial charge in [-0.25, -0.2) is 0 Å². The Morgan fingerprint density at radius 3 is 2.60 bits per heavy atom. The van der Waals surface area contributed by atoms with Crippen LogP contribution in [0.1, 0.15) is 19.8 Å². The van der Waals surface area contributed by atoms with Gasteiger partial charge < -0.3 is 5.32 Å². The fourth-order valence-electron chi connectivity index (χ4n) is 1.25. The zero-order valence-corrected chi connectivity index (χ0v) is 10.9. The number of hydrogen-bond donors (Lipinski definition) is 1. The van der Waals surface area contributed by atoms with E-state index in [4.69, 9.17) is 11.6 Å². The Labute approximate surface area is 102 Å². The second-order valence-corrected chi connectivity index (χ2v) is 5.24. The Balaban J connectivity index is 2.17.